The molecule has 0 aliphatic heterocycles. The zero-order valence-electron chi connectivity index (χ0n) is 6.57. The summed E-state index contributed by atoms with van der Waals surface area (Å²) in [5, 5.41) is 8.19. The molecular weight excluding hydrogens is 145 g/mol. The van der Waals surface area contributed by atoms with E-state index in [0.717, 1.165) is 0 Å². The molecule has 1 rings (SSSR count). The number of hydrogen-bond donors (Lipinski definition) is 1. The second kappa shape index (κ2) is 4.49. The predicted molar refractivity (Wildman–Crippen MR) is 29.0 cm³/mol. The van der Waals surface area contributed by atoms with Gasteiger partial charge in [-0.2, -0.15) is 0 Å². The predicted octanol–water partition coefficient (Wildman–Crippen LogP) is -2.58. The molecule has 0 aliphatic carbocycles. The SMILES string of the molecule is O=C(O)Cc1ncco1.[H-].[Na+]. The van der Waals surface area contributed by atoms with Crippen LogP contribution >= 0.6 is 0 Å². The van der Waals surface area contributed by atoms with Gasteiger partial charge in [-0.15, -0.1) is 0 Å². The number of carboxylic acids is 1. The third-order valence-electron chi connectivity index (χ3n) is 0.786. The summed E-state index contributed by atoms with van der Waals surface area (Å²) in [5.41, 5.74) is 0. The molecule has 1 aromatic heterocycles. The Morgan fingerprint density at radius 2 is 2.60 bits per heavy atom. The normalized spacial score (nSPS) is 8.40. The Kier molecular flexibility index (Phi) is 4.34. The van der Waals surface area contributed by atoms with Crippen LogP contribution in [0.2, 0.25) is 0 Å². The van der Waals surface area contributed by atoms with Gasteiger partial charge in [-0.1, -0.05) is 0 Å². The van der Waals surface area contributed by atoms with Crippen molar-refractivity contribution in [2.75, 3.05) is 0 Å². The molecule has 1 N–H and O–H groups in total. The van der Waals surface area contributed by atoms with Gasteiger partial charge < -0.3 is 11.0 Å². The first-order chi connectivity index (χ1) is 4.29. The summed E-state index contributed by atoms with van der Waals surface area (Å²) in [5.74, 6) is -0.694. The van der Waals surface area contributed by atoms with E-state index < -0.39 is 5.97 Å². The first kappa shape index (κ1) is 9.68. The van der Waals surface area contributed by atoms with Crippen molar-refractivity contribution in [3.05, 3.63) is 18.4 Å². The smallest absolute Gasteiger partial charge is 1.00 e. The van der Waals surface area contributed by atoms with Crippen LogP contribution in [-0.2, 0) is 11.2 Å². The minimum Gasteiger partial charge on any atom is -1.00 e. The maximum absolute atomic E-state index is 9.97. The second-order valence-corrected chi connectivity index (χ2v) is 1.50. The Bertz CT molecular complexity index is 202. The number of carboxylic acid groups (broad SMARTS) is 1. The standard InChI is InChI=1S/C5H5NO3.Na.H/c7-5(8)3-4-6-1-2-9-4;;/h1-2H,3H2,(H,7,8);;/q;+1;-1. The molecule has 0 saturated heterocycles. The monoisotopic (exact) mass is 151 g/mol. The summed E-state index contributed by atoms with van der Waals surface area (Å²) < 4.78 is 4.65. The molecule has 0 radical (unpaired) electrons. The minimum atomic E-state index is -0.933. The van der Waals surface area contributed by atoms with Crippen LogP contribution in [0.15, 0.2) is 16.9 Å². The summed E-state index contributed by atoms with van der Waals surface area (Å²) in [7, 11) is 0. The summed E-state index contributed by atoms with van der Waals surface area (Å²) >= 11 is 0. The maximum atomic E-state index is 9.97. The van der Waals surface area contributed by atoms with E-state index in [-0.39, 0.29) is 43.3 Å². The van der Waals surface area contributed by atoms with Crippen molar-refractivity contribution in [3.8, 4) is 0 Å². The van der Waals surface area contributed by atoms with Crippen molar-refractivity contribution in [2.24, 2.45) is 0 Å². The largest absolute Gasteiger partial charge is 1.00 e. The van der Waals surface area contributed by atoms with E-state index in [1.165, 1.54) is 12.5 Å². The fourth-order valence-corrected chi connectivity index (χ4v) is 0.470. The van der Waals surface area contributed by atoms with E-state index in [2.05, 4.69) is 9.40 Å². The molecule has 0 aromatic carbocycles. The van der Waals surface area contributed by atoms with Gasteiger partial charge in [-0.3, -0.25) is 4.79 Å². The van der Waals surface area contributed by atoms with Crippen molar-refractivity contribution >= 4 is 5.97 Å². The average Bonchev–Trinajstić information content (AvgIpc) is 2.15. The van der Waals surface area contributed by atoms with Gasteiger partial charge in [0, 0.05) is 0 Å². The molecule has 0 unspecified atom stereocenters. The summed E-state index contributed by atoms with van der Waals surface area (Å²) in [6.45, 7) is 0. The molecule has 1 aromatic rings. The van der Waals surface area contributed by atoms with Crippen molar-refractivity contribution < 1.29 is 45.3 Å². The molecule has 50 valence electrons. The van der Waals surface area contributed by atoms with Gasteiger partial charge in [0.05, 0.1) is 6.20 Å². The molecule has 10 heavy (non-hydrogen) atoms. The number of rotatable bonds is 2. The minimum absolute atomic E-state index is 0. The number of oxazole rings is 1. The van der Waals surface area contributed by atoms with Crippen LogP contribution in [0.1, 0.15) is 7.32 Å². The topological polar surface area (TPSA) is 63.3 Å². The molecule has 0 fully saturated rings. The van der Waals surface area contributed by atoms with Crippen LogP contribution in [0.5, 0.6) is 0 Å². The zero-order valence-corrected chi connectivity index (χ0v) is 7.57. The van der Waals surface area contributed by atoms with Gasteiger partial charge in [0.2, 0.25) is 5.89 Å². The van der Waals surface area contributed by atoms with Crippen molar-refractivity contribution in [1.82, 2.24) is 4.98 Å². The molecule has 0 atom stereocenters. The number of aliphatic carboxylic acids is 1. The Morgan fingerprint density at radius 1 is 1.90 bits per heavy atom. The zero-order chi connectivity index (χ0) is 6.69. The molecule has 0 spiro atoms. The maximum Gasteiger partial charge on any atom is 1.00 e. The van der Waals surface area contributed by atoms with E-state index in [0.29, 0.717) is 0 Å². The van der Waals surface area contributed by atoms with Gasteiger partial charge in [-0.05, 0) is 0 Å². The van der Waals surface area contributed by atoms with E-state index >= 15 is 0 Å². The molecule has 0 amide bonds. The third kappa shape index (κ3) is 3.00. The Labute approximate surface area is 81.0 Å². The molecule has 0 bridgehead atoms. The summed E-state index contributed by atoms with van der Waals surface area (Å²) in [6.07, 6.45) is 2.61. The van der Waals surface area contributed by atoms with Crippen LogP contribution in [-0.4, -0.2) is 16.1 Å². The van der Waals surface area contributed by atoms with Crippen molar-refractivity contribution in [2.45, 2.75) is 6.42 Å². The van der Waals surface area contributed by atoms with Gasteiger partial charge in [0.1, 0.15) is 12.7 Å². The van der Waals surface area contributed by atoms with Crippen LogP contribution in [0, 0.1) is 0 Å². The Balaban J connectivity index is 0. The Hall–Kier alpha value is -0.320. The first-order valence-electron chi connectivity index (χ1n) is 2.39. The number of hydrogen-bond acceptors (Lipinski definition) is 3. The third-order valence-corrected chi connectivity index (χ3v) is 0.786. The fraction of sp³-hybridized carbons (Fsp3) is 0.200. The van der Waals surface area contributed by atoms with Crippen LogP contribution in [0.4, 0.5) is 0 Å². The molecule has 5 heteroatoms. The number of carbonyl (C=O) groups is 1. The second-order valence-electron chi connectivity index (χ2n) is 1.50. The molecule has 4 nitrogen and oxygen atoms in total. The van der Waals surface area contributed by atoms with Crippen LogP contribution in [0.25, 0.3) is 0 Å². The van der Waals surface area contributed by atoms with Crippen molar-refractivity contribution in [3.63, 3.8) is 0 Å². The van der Waals surface area contributed by atoms with Crippen LogP contribution in [0.3, 0.4) is 0 Å². The van der Waals surface area contributed by atoms with E-state index in [4.69, 9.17) is 5.11 Å². The average molecular weight is 151 g/mol. The molecular formula is C5H6NNaO3. The van der Waals surface area contributed by atoms with E-state index in [1.54, 1.807) is 0 Å². The van der Waals surface area contributed by atoms with E-state index in [9.17, 15) is 4.79 Å². The molecule has 0 aliphatic rings. The van der Waals surface area contributed by atoms with Crippen molar-refractivity contribution in [1.29, 1.82) is 0 Å². The van der Waals surface area contributed by atoms with Gasteiger partial charge in [0.25, 0.3) is 0 Å². The fourth-order valence-electron chi connectivity index (χ4n) is 0.470. The Morgan fingerprint density at radius 3 is 3.00 bits per heavy atom. The molecule has 1 heterocycles. The van der Waals surface area contributed by atoms with Gasteiger partial charge in [0.15, 0.2) is 0 Å². The summed E-state index contributed by atoms with van der Waals surface area (Å²) in [6, 6.07) is 0. The van der Waals surface area contributed by atoms with Gasteiger partial charge in [-0.25, -0.2) is 4.98 Å². The van der Waals surface area contributed by atoms with Crippen LogP contribution < -0.4 is 29.6 Å². The first-order valence-corrected chi connectivity index (χ1v) is 2.39. The van der Waals surface area contributed by atoms with Gasteiger partial charge >= 0.3 is 35.5 Å². The number of aromatic nitrogens is 1. The summed E-state index contributed by atoms with van der Waals surface area (Å²) in [4.78, 5) is 13.6. The molecule has 0 saturated carbocycles. The number of nitrogens with zero attached hydrogens (tertiary/aromatic N) is 1. The van der Waals surface area contributed by atoms with E-state index in [1.807, 2.05) is 0 Å². The quantitative estimate of drug-likeness (QED) is 0.471.